The largest absolute Gasteiger partial charge is 0.387 e. The zero-order chi connectivity index (χ0) is 19.0. The zero-order valence-electron chi connectivity index (χ0n) is 15.0. The van der Waals surface area contributed by atoms with Crippen molar-refractivity contribution in [1.82, 2.24) is 14.7 Å². The molecule has 1 N–H and O–H groups in total. The van der Waals surface area contributed by atoms with E-state index in [-0.39, 0.29) is 11.7 Å². The van der Waals surface area contributed by atoms with E-state index in [0.29, 0.717) is 30.9 Å². The average molecular weight is 365 g/mol. The first-order valence-corrected chi connectivity index (χ1v) is 8.91. The number of benzene rings is 2. The minimum atomic E-state index is -0.623. The number of hydrogen-bond donors (Lipinski definition) is 1. The molecule has 1 aliphatic heterocycles. The first-order chi connectivity index (χ1) is 13.0. The van der Waals surface area contributed by atoms with Gasteiger partial charge in [-0.25, -0.2) is 4.39 Å². The molecule has 3 aromatic rings. The third-order valence-electron chi connectivity index (χ3n) is 4.82. The van der Waals surface area contributed by atoms with Gasteiger partial charge in [-0.05, 0) is 48.4 Å². The maximum absolute atomic E-state index is 13.4. The van der Waals surface area contributed by atoms with E-state index in [4.69, 9.17) is 0 Å². The van der Waals surface area contributed by atoms with Crippen molar-refractivity contribution in [3.8, 4) is 11.1 Å². The summed E-state index contributed by atoms with van der Waals surface area (Å²) in [4.78, 5) is 14.6. The van der Waals surface area contributed by atoms with Gasteiger partial charge in [0.1, 0.15) is 5.82 Å². The Balaban J connectivity index is 1.51. The van der Waals surface area contributed by atoms with Gasteiger partial charge in [0.15, 0.2) is 0 Å². The van der Waals surface area contributed by atoms with Gasteiger partial charge in [0.2, 0.25) is 0 Å². The number of halogens is 1. The predicted octanol–water partition coefficient (Wildman–Crippen LogP) is 3.40. The molecule has 1 amide bonds. The highest BCUT2D eigenvalue weighted by molar-refractivity contribution is 5.94. The van der Waals surface area contributed by atoms with Gasteiger partial charge in [-0.1, -0.05) is 24.3 Å². The van der Waals surface area contributed by atoms with Crippen LogP contribution in [0.4, 0.5) is 4.39 Å². The third kappa shape index (κ3) is 3.48. The van der Waals surface area contributed by atoms with Gasteiger partial charge in [0, 0.05) is 12.1 Å². The van der Waals surface area contributed by atoms with Crippen LogP contribution in [0.15, 0.2) is 54.6 Å². The quantitative estimate of drug-likeness (QED) is 0.774. The van der Waals surface area contributed by atoms with Gasteiger partial charge >= 0.3 is 0 Å². The van der Waals surface area contributed by atoms with E-state index in [1.807, 2.05) is 28.9 Å². The fourth-order valence-electron chi connectivity index (χ4n) is 3.32. The molecule has 0 fully saturated rings. The standard InChI is InChI=1S/C21H20FN3O2/c1-14(26)20-12-19-13-24(9-10-25(19)23-20)21(27)16-7-5-15(6-8-16)17-3-2-4-18(22)11-17/h2-8,11-12,14,26H,9-10,13H2,1H3/t14-/m0/s1. The number of carbonyl (C=O) groups excluding carboxylic acids is 1. The van der Waals surface area contributed by atoms with Crippen molar-refractivity contribution in [2.24, 2.45) is 0 Å². The summed E-state index contributed by atoms with van der Waals surface area (Å²) < 4.78 is 15.2. The molecule has 27 heavy (non-hydrogen) atoms. The van der Waals surface area contributed by atoms with Crippen molar-refractivity contribution >= 4 is 5.91 Å². The molecular formula is C21H20FN3O2. The topological polar surface area (TPSA) is 58.4 Å². The number of carbonyl (C=O) groups is 1. The second kappa shape index (κ2) is 6.96. The summed E-state index contributed by atoms with van der Waals surface area (Å²) in [5.74, 6) is -0.332. The molecule has 1 atom stereocenters. The third-order valence-corrected chi connectivity index (χ3v) is 4.82. The Labute approximate surface area is 156 Å². The molecule has 2 aromatic carbocycles. The van der Waals surface area contributed by atoms with E-state index in [2.05, 4.69) is 5.10 Å². The van der Waals surface area contributed by atoms with Crippen molar-refractivity contribution in [2.45, 2.75) is 26.1 Å². The normalized spacial score (nSPS) is 14.7. The number of aromatic nitrogens is 2. The second-order valence-electron chi connectivity index (χ2n) is 6.77. The molecule has 5 nitrogen and oxygen atoms in total. The molecule has 2 heterocycles. The number of aliphatic hydroxyl groups excluding tert-OH is 1. The van der Waals surface area contributed by atoms with Crippen LogP contribution in [-0.4, -0.2) is 32.2 Å². The van der Waals surface area contributed by atoms with Crippen molar-refractivity contribution in [1.29, 1.82) is 0 Å². The smallest absolute Gasteiger partial charge is 0.254 e. The lowest BCUT2D eigenvalue weighted by Crippen LogP contribution is -2.38. The molecule has 0 aliphatic carbocycles. The van der Waals surface area contributed by atoms with Crippen LogP contribution in [0, 0.1) is 5.82 Å². The molecule has 0 saturated heterocycles. The van der Waals surface area contributed by atoms with Gasteiger partial charge in [-0.3, -0.25) is 9.48 Å². The highest BCUT2D eigenvalue weighted by atomic mass is 19.1. The summed E-state index contributed by atoms with van der Waals surface area (Å²) >= 11 is 0. The molecule has 0 spiro atoms. The minimum absolute atomic E-state index is 0.0492. The molecule has 0 bridgehead atoms. The SMILES string of the molecule is C[C@H](O)c1cc2n(n1)CCN(C(=O)c1ccc(-c3cccc(F)c3)cc1)C2. The lowest BCUT2D eigenvalue weighted by molar-refractivity contribution is 0.0705. The van der Waals surface area contributed by atoms with E-state index in [1.165, 1.54) is 12.1 Å². The Kier molecular flexibility index (Phi) is 4.49. The number of rotatable bonds is 3. The monoisotopic (exact) mass is 365 g/mol. The number of nitrogens with zero attached hydrogens (tertiary/aromatic N) is 3. The van der Waals surface area contributed by atoms with Crippen molar-refractivity contribution < 1.29 is 14.3 Å². The van der Waals surface area contributed by atoms with E-state index in [1.54, 1.807) is 30.0 Å². The van der Waals surface area contributed by atoms with Crippen molar-refractivity contribution in [3.63, 3.8) is 0 Å². The number of fused-ring (bicyclic) bond motifs is 1. The summed E-state index contributed by atoms with van der Waals surface area (Å²) in [5.41, 5.74) is 3.78. The molecule has 4 rings (SSSR count). The van der Waals surface area contributed by atoms with Gasteiger partial charge in [-0.15, -0.1) is 0 Å². The number of hydrogen-bond acceptors (Lipinski definition) is 3. The molecule has 6 heteroatoms. The maximum Gasteiger partial charge on any atom is 0.254 e. The van der Waals surface area contributed by atoms with Gasteiger partial charge < -0.3 is 10.0 Å². The van der Waals surface area contributed by atoms with Crippen LogP contribution < -0.4 is 0 Å². The minimum Gasteiger partial charge on any atom is -0.387 e. The zero-order valence-corrected chi connectivity index (χ0v) is 15.0. The molecule has 1 aromatic heterocycles. The Morgan fingerprint density at radius 1 is 1.11 bits per heavy atom. The van der Waals surface area contributed by atoms with Gasteiger partial charge in [-0.2, -0.15) is 5.10 Å². The molecule has 1 aliphatic rings. The Hall–Kier alpha value is -2.99. The number of amides is 1. The first-order valence-electron chi connectivity index (χ1n) is 8.91. The Morgan fingerprint density at radius 2 is 1.89 bits per heavy atom. The Morgan fingerprint density at radius 3 is 2.59 bits per heavy atom. The fraction of sp³-hybridized carbons (Fsp3) is 0.238. The summed E-state index contributed by atoms with van der Waals surface area (Å²) in [6.45, 7) is 3.31. The van der Waals surface area contributed by atoms with Crippen LogP contribution in [0.5, 0.6) is 0 Å². The Bertz CT molecular complexity index is 979. The van der Waals surface area contributed by atoms with Gasteiger partial charge in [0.25, 0.3) is 5.91 Å². The summed E-state index contributed by atoms with van der Waals surface area (Å²) in [6.07, 6.45) is -0.623. The summed E-state index contributed by atoms with van der Waals surface area (Å²) in [7, 11) is 0. The van der Waals surface area contributed by atoms with Crippen LogP contribution in [0.25, 0.3) is 11.1 Å². The molecule has 0 unspecified atom stereocenters. The van der Waals surface area contributed by atoms with Gasteiger partial charge in [0.05, 0.1) is 30.6 Å². The highest BCUT2D eigenvalue weighted by Crippen LogP contribution is 2.23. The lowest BCUT2D eigenvalue weighted by atomic mass is 10.0. The van der Waals surface area contributed by atoms with Crippen molar-refractivity contribution in [2.75, 3.05) is 6.54 Å². The van der Waals surface area contributed by atoms with E-state index in [9.17, 15) is 14.3 Å². The van der Waals surface area contributed by atoms with Crippen LogP contribution in [0.1, 0.15) is 34.8 Å². The van der Waals surface area contributed by atoms with E-state index < -0.39 is 6.10 Å². The summed E-state index contributed by atoms with van der Waals surface area (Å²) in [5, 5.41) is 14.1. The summed E-state index contributed by atoms with van der Waals surface area (Å²) in [6, 6.07) is 15.5. The maximum atomic E-state index is 13.4. The molecule has 0 radical (unpaired) electrons. The van der Waals surface area contributed by atoms with Crippen LogP contribution in [0.2, 0.25) is 0 Å². The predicted molar refractivity (Wildman–Crippen MR) is 99.4 cm³/mol. The molecule has 0 saturated carbocycles. The second-order valence-corrected chi connectivity index (χ2v) is 6.77. The van der Waals surface area contributed by atoms with E-state index >= 15 is 0 Å². The average Bonchev–Trinajstić information content (AvgIpc) is 3.11. The van der Waals surface area contributed by atoms with Crippen LogP contribution in [-0.2, 0) is 13.1 Å². The highest BCUT2D eigenvalue weighted by Gasteiger charge is 2.24. The first kappa shape index (κ1) is 17.4. The van der Waals surface area contributed by atoms with Crippen molar-refractivity contribution in [3.05, 3.63) is 77.4 Å². The van der Waals surface area contributed by atoms with E-state index in [0.717, 1.165) is 16.8 Å². The fourth-order valence-corrected chi connectivity index (χ4v) is 3.32. The number of aliphatic hydroxyl groups is 1. The lowest BCUT2D eigenvalue weighted by Gasteiger charge is -2.27. The molecular weight excluding hydrogens is 345 g/mol. The van der Waals surface area contributed by atoms with Crippen LogP contribution in [0.3, 0.4) is 0 Å². The molecule has 138 valence electrons. The van der Waals surface area contributed by atoms with Crippen LogP contribution >= 0.6 is 0 Å².